The normalized spacial score (nSPS) is 22.3. The molecule has 0 spiro atoms. The van der Waals surface area contributed by atoms with Crippen molar-refractivity contribution in [3.05, 3.63) is 30.1 Å². The van der Waals surface area contributed by atoms with Gasteiger partial charge < -0.3 is 9.84 Å². The first-order chi connectivity index (χ1) is 9.72. The summed E-state index contributed by atoms with van der Waals surface area (Å²) in [5.74, 6) is -1.16. The molecular weight excluding hydrogens is 256 g/mol. The molecule has 1 saturated heterocycles. The SMILES string of the molecule is CCCN(CCc1ccncc1)C1COCC1C(=O)O. The van der Waals surface area contributed by atoms with Crippen LogP contribution < -0.4 is 0 Å². The molecule has 0 saturated carbocycles. The summed E-state index contributed by atoms with van der Waals surface area (Å²) in [6, 6.07) is 4.00. The number of aromatic nitrogens is 1. The highest BCUT2D eigenvalue weighted by Gasteiger charge is 2.37. The number of hydrogen-bond donors (Lipinski definition) is 1. The average Bonchev–Trinajstić information content (AvgIpc) is 2.94. The maximum atomic E-state index is 11.3. The Bertz CT molecular complexity index is 424. The molecule has 1 aromatic rings. The highest BCUT2D eigenvalue weighted by molar-refractivity contribution is 5.71. The highest BCUT2D eigenvalue weighted by Crippen LogP contribution is 2.20. The quantitative estimate of drug-likeness (QED) is 0.817. The van der Waals surface area contributed by atoms with E-state index in [4.69, 9.17) is 4.74 Å². The standard InChI is InChI=1S/C15H22N2O3/c1-2-8-17(9-5-12-3-6-16-7-4-12)14-11-20-10-13(14)15(18)19/h3-4,6-7,13-14H,2,5,8-11H2,1H3,(H,18,19). The Morgan fingerprint density at radius 2 is 2.15 bits per heavy atom. The average molecular weight is 278 g/mol. The molecule has 0 aliphatic carbocycles. The maximum absolute atomic E-state index is 11.3. The van der Waals surface area contributed by atoms with Gasteiger partial charge in [-0.1, -0.05) is 6.92 Å². The summed E-state index contributed by atoms with van der Waals surface area (Å²) in [7, 11) is 0. The lowest BCUT2D eigenvalue weighted by atomic mass is 10.0. The highest BCUT2D eigenvalue weighted by atomic mass is 16.5. The van der Waals surface area contributed by atoms with Gasteiger partial charge in [0.15, 0.2) is 0 Å². The van der Waals surface area contributed by atoms with Crippen LogP contribution in [0, 0.1) is 5.92 Å². The van der Waals surface area contributed by atoms with Gasteiger partial charge in [-0.3, -0.25) is 14.7 Å². The number of carboxylic acid groups (broad SMARTS) is 1. The number of hydrogen-bond acceptors (Lipinski definition) is 4. The molecule has 20 heavy (non-hydrogen) atoms. The van der Waals surface area contributed by atoms with Crippen LogP contribution >= 0.6 is 0 Å². The Labute approximate surface area is 119 Å². The number of pyridine rings is 1. The summed E-state index contributed by atoms with van der Waals surface area (Å²) < 4.78 is 5.38. The van der Waals surface area contributed by atoms with Gasteiger partial charge in [-0.2, -0.15) is 0 Å². The van der Waals surface area contributed by atoms with Crippen LogP contribution in [0.3, 0.4) is 0 Å². The molecule has 2 unspecified atom stereocenters. The summed E-state index contributed by atoms with van der Waals surface area (Å²) in [6.45, 7) is 4.73. The van der Waals surface area contributed by atoms with Gasteiger partial charge in [0.05, 0.1) is 19.1 Å². The molecule has 5 nitrogen and oxygen atoms in total. The van der Waals surface area contributed by atoms with Crippen molar-refractivity contribution in [2.24, 2.45) is 5.92 Å². The van der Waals surface area contributed by atoms with Gasteiger partial charge >= 0.3 is 5.97 Å². The van der Waals surface area contributed by atoms with E-state index in [1.54, 1.807) is 12.4 Å². The first-order valence-corrected chi connectivity index (χ1v) is 7.16. The van der Waals surface area contributed by atoms with Gasteiger partial charge in [0, 0.05) is 25.0 Å². The number of carbonyl (C=O) groups is 1. The summed E-state index contributed by atoms with van der Waals surface area (Å²) in [6.07, 6.45) is 5.50. The molecule has 0 aromatic carbocycles. The lowest BCUT2D eigenvalue weighted by Crippen LogP contribution is -2.44. The number of nitrogens with zero attached hydrogens (tertiary/aromatic N) is 2. The maximum Gasteiger partial charge on any atom is 0.310 e. The second-order valence-corrected chi connectivity index (χ2v) is 5.19. The fourth-order valence-electron chi connectivity index (χ4n) is 2.69. The number of ether oxygens (including phenoxy) is 1. The van der Waals surface area contributed by atoms with Crippen LogP contribution in [0.15, 0.2) is 24.5 Å². The van der Waals surface area contributed by atoms with Crippen molar-refractivity contribution in [3.63, 3.8) is 0 Å². The summed E-state index contributed by atoms with van der Waals surface area (Å²) in [5, 5.41) is 9.27. The van der Waals surface area contributed by atoms with E-state index in [1.165, 1.54) is 5.56 Å². The predicted molar refractivity (Wildman–Crippen MR) is 75.5 cm³/mol. The third kappa shape index (κ3) is 3.77. The largest absolute Gasteiger partial charge is 0.481 e. The molecule has 0 amide bonds. The van der Waals surface area contributed by atoms with Crippen LogP contribution in [0.5, 0.6) is 0 Å². The molecule has 110 valence electrons. The fourth-order valence-corrected chi connectivity index (χ4v) is 2.69. The zero-order chi connectivity index (χ0) is 14.4. The second kappa shape index (κ2) is 7.36. The van der Waals surface area contributed by atoms with Crippen LogP contribution in [0.4, 0.5) is 0 Å². The van der Waals surface area contributed by atoms with Gasteiger partial charge in [0.2, 0.25) is 0 Å². The molecule has 1 aliphatic heterocycles. The van der Waals surface area contributed by atoms with Crippen molar-refractivity contribution in [1.82, 2.24) is 9.88 Å². The van der Waals surface area contributed by atoms with Crippen molar-refractivity contribution in [3.8, 4) is 0 Å². The Morgan fingerprint density at radius 1 is 1.40 bits per heavy atom. The number of carboxylic acids is 1. The van der Waals surface area contributed by atoms with Crippen molar-refractivity contribution in [2.45, 2.75) is 25.8 Å². The topological polar surface area (TPSA) is 62.7 Å². The van der Waals surface area contributed by atoms with Crippen molar-refractivity contribution in [1.29, 1.82) is 0 Å². The van der Waals surface area contributed by atoms with Gasteiger partial charge in [-0.25, -0.2) is 0 Å². The van der Waals surface area contributed by atoms with Crippen molar-refractivity contribution >= 4 is 5.97 Å². The van der Waals surface area contributed by atoms with Crippen LogP contribution in [0.1, 0.15) is 18.9 Å². The lowest BCUT2D eigenvalue weighted by Gasteiger charge is -2.30. The van der Waals surface area contributed by atoms with E-state index in [2.05, 4.69) is 16.8 Å². The van der Waals surface area contributed by atoms with E-state index in [-0.39, 0.29) is 6.04 Å². The third-order valence-corrected chi connectivity index (χ3v) is 3.78. The van der Waals surface area contributed by atoms with Crippen LogP contribution in [0.25, 0.3) is 0 Å². The van der Waals surface area contributed by atoms with Gasteiger partial charge in [-0.05, 0) is 37.1 Å². The Balaban J connectivity index is 1.97. The zero-order valence-corrected chi connectivity index (χ0v) is 11.9. The molecule has 2 rings (SSSR count). The molecular formula is C15H22N2O3. The third-order valence-electron chi connectivity index (χ3n) is 3.78. The Kier molecular flexibility index (Phi) is 5.49. The molecule has 0 bridgehead atoms. The molecule has 2 atom stereocenters. The smallest absolute Gasteiger partial charge is 0.310 e. The number of rotatable bonds is 7. The van der Waals surface area contributed by atoms with Gasteiger partial charge in [-0.15, -0.1) is 0 Å². The van der Waals surface area contributed by atoms with E-state index in [1.807, 2.05) is 12.1 Å². The van der Waals surface area contributed by atoms with E-state index >= 15 is 0 Å². The Hall–Kier alpha value is -1.46. The lowest BCUT2D eigenvalue weighted by molar-refractivity contribution is -0.143. The minimum atomic E-state index is -0.752. The molecule has 0 radical (unpaired) electrons. The first-order valence-electron chi connectivity index (χ1n) is 7.16. The van der Waals surface area contributed by atoms with E-state index in [9.17, 15) is 9.90 Å². The van der Waals surface area contributed by atoms with Crippen LogP contribution in [-0.4, -0.2) is 53.3 Å². The van der Waals surface area contributed by atoms with Crippen LogP contribution in [-0.2, 0) is 16.0 Å². The van der Waals surface area contributed by atoms with Crippen LogP contribution in [0.2, 0.25) is 0 Å². The minimum absolute atomic E-state index is 0.00529. The van der Waals surface area contributed by atoms with E-state index < -0.39 is 11.9 Å². The fraction of sp³-hybridized carbons (Fsp3) is 0.600. The molecule has 1 N–H and O–H groups in total. The zero-order valence-electron chi connectivity index (χ0n) is 11.9. The van der Waals surface area contributed by atoms with E-state index in [0.717, 1.165) is 25.9 Å². The van der Waals surface area contributed by atoms with Gasteiger partial charge in [0.1, 0.15) is 0 Å². The monoisotopic (exact) mass is 278 g/mol. The molecule has 1 aliphatic rings. The molecule has 1 fully saturated rings. The van der Waals surface area contributed by atoms with Crippen molar-refractivity contribution < 1.29 is 14.6 Å². The second-order valence-electron chi connectivity index (χ2n) is 5.19. The number of aliphatic carboxylic acids is 1. The molecule has 2 heterocycles. The van der Waals surface area contributed by atoms with Crippen molar-refractivity contribution in [2.75, 3.05) is 26.3 Å². The predicted octanol–water partition coefficient (Wildman–Crippen LogP) is 1.44. The van der Waals surface area contributed by atoms with Gasteiger partial charge in [0.25, 0.3) is 0 Å². The Morgan fingerprint density at radius 3 is 2.80 bits per heavy atom. The minimum Gasteiger partial charge on any atom is -0.481 e. The summed E-state index contributed by atoms with van der Waals surface area (Å²) >= 11 is 0. The summed E-state index contributed by atoms with van der Waals surface area (Å²) in [5.41, 5.74) is 1.23. The molecule has 1 aromatic heterocycles. The summed E-state index contributed by atoms with van der Waals surface area (Å²) in [4.78, 5) is 17.5. The van der Waals surface area contributed by atoms with E-state index in [0.29, 0.717) is 13.2 Å². The molecule has 5 heteroatoms. The first kappa shape index (κ1) is 14.9.